The Hall–Kier alpha value is -3.08. The van der Waals surface area contributed by atoms with Gasteiger partial charge < -0.3 is 14.5 Å². The molecule has 3 aromatic rings. The van der Waals surface area contributed by atoms with Gasteiger partial charge in [-0.15, -0.1) is 0 Å². The lowest BCUT2D eigenvalue weighted by Crippen LogP contribution is -2.31. The van der Waals surface area contributed by atoms with Gasteiger partial charge in [-0.1, -0.05) is 55.5 Å². The predicted molar refractivity (Wildman–Crippen MR) is 99.1 cm³/mol. The Balaban J connectivity index is 1.52. The van der Waals surface area contributed by atoms with Gasteiger partial charge in [0.1, 0.15) is 5.58 Å². The summed E-state index contributed by atoms with van der Waals surface area (Å²) >= 11 is 0. The minimum Gasteiger partial charge on any atom is -0.450 e. The number of esters is 1. The van der Waals surface area contributed by atoms with Crippen LogP contribution >= 0.6 is 0 Å². The lowest BCUT2D eigenvalue weighted by Gasteiger charge is -2.13. The smallest absolute Gasteiger partial charge is 0.375 e. The van der Waals surface area contributed by atoms with Crippen molar-refractivity contribution in [2.75, 3.05) is 13.2 Å². The number of rotatable bonds is 6. The van der Waals surface area contributed by atoms with Crippen LogP contribution in [0.1, 0.15) is 34.5 Å². The maximum absolute atomic E-state index is 12.2. The van der Waals surface area contributed by atoms with Crippen LogP contribution in [-0.2, 0) is 9.53 Å². The highest BCUT2D eigenvalue weighted by molar-refractivity contribution is 5.96. The van der Waals surface area contributed by atoms with Crippen molar-refractivity contribution >= 4 is 22.8 Å². The van der Waals surface area contributed by atoms with E-state index in [-0.39, 0.29) is 24.2 Å². The zero-order chi connectivity index (χ0) is 18.5. The predicted octanol–water partition coefficient (Wildman–Crippen LogP) is 3.82. The number of amides is 1. The largest absolute Gasteiger partial charge is 0.450 e. The van der Waals surface area contributed by atoms with Gasteiger partial charge in [-0.05, 0) is 24.5 Å². The van der Waals surface area contributed by atoms with Crippen LogP contribution in [0, 0.1) is 6.92 Å². The van der Waals surface area contributed by atoms with Crippen LogP contribution < -0.4 is 5.32 Å². The molecule has 1 heterocycles. The van der Waals surface area contributed by atoms with Gasteiger partial charge in [-0.25, -0.2) is 4.79 Å². The van der Waals surface area contributed by atoms with Crippen molar-refractivity contribution in [3.63, 3.8) is 0 Å². The monoisotopic (exact) mass is 351 g/mol. The Bertz CT molecular complexity index is 914. The minimum absolute atomic E-state index is 0.136. The topological polar surface area (TPSA) is 68.5 Å². The van der Waals surface area contributed by atoms with E-state index in [9.17, 15) is 9.59 Å². The maximum atomic E-state index is 12.2. The number of ether oxygens (including phenoxy) is 1. The number of fused-ring (bicyclic) bond motifs is 1. The van der Waals surface area contributed by atoms with Crippen LogP contribution in [0.3, 0.4) is 0 Å². The third-order valence-electron chi connectivity index (χ3n) is 4.34. The van der Waals surface area contributed by atoms with E-state index in [1.54, 1.807) is 13.0 Å². The summed E-state index contributed by atoms with van der Waals surface area (Å²) in [6, 6.07) is 17.3. The molecule has 3 rings (SSSR count). The Labute approximate surface area is 152 Å². The fourth-order valence-corrected chi connectivity index (χ4v) is 2.78. The molecule has 0 aliphatic heterocycles. The summed E-state index contributed by atoms with van der Waals surface area (Å²) in [7, 11) is 0. The second kappa shape index (κ2) is 7.87. The number of nitrogens with one attached hydrogen (secondary N) is 1. The van der Waals surface area contributed by atoms with Crippen molar-refractivity contribution < 1.29 is 18.7 Å². The zero-order valence-electron chi connectivity index (χ0n) is 14.8. The van der Waals surface area contributed by atoms with Gasteiger partial charge >= 0.3 is 5.97 Å². The molecule has 0 aliphatic carbocycles. The fourth-order valence-electron chi connectivity index (χ4n) is 2.78. The quantitative estimate of drug-likeness (QED) is 0.686. The van der Waals surface area contributed by atoms with E-state index in [1.807, 2.05) is 55.5 Å². The van der Waals surface area contributed by atoms with Crippen LogP contribution in [0.4, 0.5) is 0 Å². The van der Waals surface area contributed by atoms with Gasteiger partial charge in [0.2, 0.25) is 5.76 Å². The first kappa shape index (κ1) is 17.7. The van der Waals surface area contributed by atoms with E-state index in [4.69, 9.17) is 9.15 Å². The molecule has 0 saturated carbocycles. The molecule has 0 fully saturated rings. The van der Waals surface area contributed by atoms with Crippen LogP contribution in [0.5, 0.6) is 0 Å². The zero-order valence-corrected chi connectivity index (χ0v) is 14.8. The van der Waals surface area contributed by atoms with Gasteiger partial charge in [0.15, 0.2) is 6.61 Å². The highest BCUT2D eigenvalue weighted by Crippen LogP contribution is 2.25. The molecular formula is C21H21NO4. The summed E-state index contributed by atoms with van der Waals surface area (Å²) in [6.45, 7) is 3.96. The molecule has 0 aliphatic rings. The molecule has 0 radical (unpaired) electrons. The number of carbonyl (C=O) groups excluding carboxylic acids is 2. The lowest BCUT2D eigenvalue weighted by molar-refractivity contribution is -0.124. The number of benzene rings is 2. The Kier molecular flexibility index (Phi) is 5.37. The summed E-state index contributed by atoms with van der Waals surface area (Å²) in [5, 5.41) is 3.64. The average molecular weight is 351 g/mol. The molecule has 5 heteroatoms. The number of hydrogen-bond donors (Lipinski definition) is 1. The lowest BCUT2D eigenvalue weighted by atomic mass is 10.0. The van der Waals surface area contributed by atoms with E-state index in [0.717, 1.165) is 10.9 Å². The van der Waals surface area contributed by atoms with E-state index >= 15 is 0 Å². The third kappa shape index (κ3) is 3.94. The normalized spacial score (nSPS) is 11.9. The van der Waals surface area contributed by atoms with Crippen molar-refractivity contribution in [1.82, 2.24) is 5.32 Å². The highest BCUT2D eigenvalue weighted by atomic mass is 16.5. The molecular weight excluding hydrogens is 330 g/mol. The summed E-state index contributed by atoms with van der Waals surface area (Å²) < 4.78 is 10.6. The SMILES string of the molecule is Cc1c(C(=O)OCC(=O)NC[C@@H](C)c2ccccc2)oc2ccccc12. The van der Waals surface area contributed by atoms with Crippen molar-refractivity contribution in [2.24, 2.45) is 0 Å². The first-order valence-electron chi connectivity index (χ1n) is 8.53. The molecule has 1 aromatic heterocycles. The molecule has 0 bridgehead atoms. The number of carbonyl (C=O) groups is 2. The van der Waals surface area contributed by atoms with Gasteiger partial charge in [0, 0.05) is 17.5 Å². The first-order valence-corrected chi connectivity index (χ1v) is 8.53. The van der Waals surface area contributed by atoms with Crippen molar-refractivity contribution in [2.45, 2.75) is 19.8 Å². The molecule has 0 saturated heterocycles. The standard InChI is InChI=1S/C21H21NO4/c1-14(16-8-4-3-5-9-16)12-22-19(23)13-25-21(24)20-15(2)17-10-6-7-11-18(17)26-20/h3-11,14H,12-13H2,1-2H3,(H,22,23)/t14-/m1/s1. The summed E-state index contributed by atoms with van der Waals surface area (Å²) in [5.41, 5.74) is 2.48. The average Bonchev–Trinajstić information content (AvgIpc) is 3.02. The molecule has 0 spiro atoms. The summed E-state index contributed by atoms with van der Waals surface area (Å²) in [4.78, 5) is 24.2. The van der Waals surface area contributed by atoms with E-state index in [1.165, 1.54) is 0 Å². The van der Waals surface area contributed by atoms with Crippen LogP contribution in [0.2, 0.25) is 0 Å². The number of furan rings is 1. The summed E-state index contributed by atoms with van der Waals surface area (Å²) in [5.74, 6) is -0.662. The van der Waals surface area contributed by atoms with E-state index in [0.29, 0.717) is 17.7 Å². The van der Waals surface area contributed by atoms with Crippen LogP contribution in [0.25, 0.3) is 11.0 Å². The maximum Gasteiger partial charge on any atom is 0.375 e. The molecule has 1 amide bonds. The molecule has 1 N–H and O–H groups in total. The van der Waals surface area contributed by atoms with Crippen LogP contribution in [-0.4, -0.2) is 25.0 Å². The van der Waals surface area contributed by atoms with Gasteiger partial charge in [-0.3, -0.25) is 4.79 Å². The fraction of sp³-hybridized carbons (Fsp3) is 0.238. The van der Waals surface area contributed by atoms with Gasteiger partial charge in [0.25, 0.3) is 5.91 Å². The minimum atomic E-state index is -0.634. The highest BCUT2D eigenvalue weighted by Gasteiger charge is 2.19. The van der Waals surface area contributed by atoms with E-state index < -0.39 is 5.97 Å². The van der Waals surface area contributed by atoms with Crippen molar-refractivity contribution in [1.29, 1.82) is 0 Å². The van der Waals surface area contributed by atoms with Gasteiger partial charge in [0.05, 0.1) is 0 Å². The Morgan fingerprint density at radius 1 is 1.08 bits per heavy atom. The second-order valence-corrected chi connectivity index (χ2v) is 6.24. The number of para-hydroxylation sites is 1. The first-order chi connectivity index (χ1) is 12.6. The second-order valence-electron chi connectivity index (χ2n) is 6.24. The Morgan fingerprint density at radius 2 is 1.77 bits per heavy atom. The van der Waals surface area contributed by atoms with Crippen LogP contribution in [0.15, 0.2) is 59.0 Å². The van der Waals surface area contributed by atoms with Crippen molar-refractivity contribution in [3.05, 3.63) is 71.5 Å². The van der Waals surface area contributed by atoms with Crippen molar-refractivity contribution in [3.8, 4) is 0 Å². The molecule has 1 atom stereocenters. The molecule has 2 aromatic carbocycles. The Morgan fingerprint density at radius 3 is 2.50 bits per heavy atom. The van der Waals surface area contributed by atoms with Gasteiger partial charge in [-0.2, -0.15) is 0 Å². The third-order valence-corrected chi connectivity index (χ3v) is 4.34. The summed E-state index contributed by atoms with van der Waals surface area (Å²) in [6.07, 6.45) is 0. The number of hydrogen-bond acceptors (Lipinski definition) is 4. The number of aryl methyl sites for hydroxylation is 1. The van der Waals surface area contributed by atoms with E-state index in [2.05, 4.69) is 5.32 Å². The molecule has 26 heavy (non-hydrogen) atoms. The molecule has 5 nitrogen and oxygen atoms in total. The molecule has 0 unspecified atom stereocenters. The molecule has 134 valence electrons.